The lowest BCUT2D eigenvalue weighted by Crippen LogP contribution is -2.20. The second-order valence-electron chi connectivity index (χ2n) is 4.02. The molecule has 2 nitrogen and oxygen atoms in total. The normalized spacial score (nSPS) is 12.9. The van der Waals surface area contributed by atoms with Crippen molar-refractivity contribution in [2.24, 2.45) is 11.8 Å². The van der Waals surface area contributed by atoms with Crippen molar-refractivity contribution in [2.75, 3.05) is 0 Å². The molecule has 0 amide bonds. The van der Waals surface area contributed by atoms with Gasteiger partial charge in [-0.05, 0) is 37.0 Å². The molecule has 0 aliphatic rings. The summed E-state index contributed by atoms with van der Waals surface area (Å²) in [6.45, 7) is 5.85. The molecule has 0 spiro atoms. The minimum absolute atomic E-state index is 0.136. The number of carbonyl (C=O) groups is 1. The van der Waals surface area contributed by atoms with Crippen LogP contribution in [0, 0.1) is 11.8 Å². The summed E-state index contributed by atoms with van der Waals surface area (Å²) in [6, 6.07) is 3.94. The Balaban J connectivity index is 2.70. The number of carbonyl (C=O) groups excluding carboxylic acids is 1. The summed E-state index contributed by atoms with van der Waals surface area (Å²) in [5.41, 5.74) is 1.19. The van der Waals surface area contributed by atoms with Gasteiger partial charge in [0, 0.05) is 18.3 Å². The Kier molecular flexibility index (Phi) is 3.81. The van der Waals surface area contributed by atoms with Crippen LogP contribution in [0.25, 0.3) is 0 Å². The molecule has 0 aromatic carbocycles. The SMILES string of the molecule is CC(=O)C(Cc1ccncc1)C(C)C. The van der Waals surface area contributed by atoms with E-state index < -0.39 is 0 Å². The van der Waals surface area contributed by atoms with Gasteiger partial charge in [-0.2, -0.15) is 0 Å². The molecule has 0 aliphatic heterocycles. The minimum atomic E-state index is 0.136. The summed E-state index contributed by atoms with van der Waals surface area (Å²) < 4.78 is 0. The standard InChI is InChI=1S/C12H17NO/c1-9(2)12(10(3)14)8-11-4-6-13-7-5-11/h4-7,9,12H,8H2,1-3H3. The van der Waals surface area contributed by atoms with E-state index in [1.807, 2.05) is 12.1 Å². The van der Waals surface area contributed by atoms with Gasteiger partial charge in [-0.3, -0.25) is 9.78 Å². The van der Waals surface area contributed by atoms with Crippen LogP contribution in [0.3, 0.4) is 0 Å². The van der Waals surface area contributed by atoms with Crippen molar-refractivity contribution in [1.29, 1.82) is 0 Å². The fourth-order valence-electron chi connectivity index (χ4n) is 1.62. The van der Waals surface area contributed by atoms with E-state index in [0.717, 1.165) is 6.42 Å². The van der Waals surface area contributed by atoms with E-state index in [0.29, 0.717) is 5.92 Å². The quantitative estimate of drug-likeness (QED) is 0.731. The first-order chi connectivity index (χ1) is 6.61. The predicted octanol–water partition coefficient (Wildman–Crippen LogP) is 2.49. The largest absolute Gasteiger partial charge is 0.300 e. The van der Waals surface area contributed by atoms with Crippen LogP contribution in [0.5, 0.6) is 0 Å². The Bertz CT molecular complexity index is 292. The number of Topliss-reactive ketones (excluding diaryl/α,β-unsaturated/α-hetero) is 1. The molecule has 0 radical (unpaired) electrons. The van der Waals surface area contributed by atoms with E-state index in [9.17, 15) is 4.79 Å². The molecule has 76 valence electrons. The van der Waals surface area contributed by atoms with Crippen LogP contribution in [0.15, 0.2) is 24.5 Å². The summed E-state index contributed by atoms with van der Waals surface area (Å²) in [6.07, 6.45) is 4.37. The molecule has 0 fully saturated rings. The van der Waals surface area contributed by atoms with Crippen LogP contribution in [-0.4, -0.2) is 10.8 Å². The molecule has 0 bridgehead atoms. The van der Waals surface area contributed by atoms with Crippen molar-refractivity contribution in [3.05, 3.63) is 30.1 Å². The fourth-order valence-corrected chi connectivity index (χ4v) is 1.62. The lowest BCUT2D eigenvalue weighted by Gasteiger charge is -2.17. The summed E-state index contributed by atoms with van der Waals surface area (Å²) in [4.78, 5) is 15.3. The first-order valence-electron chi connectivity index (χ1n) is 5.00. The smallest absolute Gasteiger partial charge is 0.133 e. The van der Waals surface area contributed by atoms with Crippen molar-refractivity contribution >= 4 is 5.78 Å². The highest BCUT2D eigenvalue weighted by Crippen LogP contribution is 2.17. The maximum atomic E-state index is 11.4. The number of hydrogen-bond donors (Lipinski definition) is 0. The summed E-state index contributed by atoms with van der Waals surface area (Å²) in [7, 11) is 0. The first-order valence-corrected chi connectivity index (χ1v) is 5.00. The van der Waals surface area contributed by atoms with Crippen LogP contribution in [-0.2, 0) is 11.2 Å². The van der Waals surface area contributed by atoms with Crippen molar-refractivity contribution < 1.29 is 4.79 Å². The topological polar surface area (TPSA) is 30.0 Å². The predicted molar refractivity (Wildman–Crippen MR) is 57.0 cm³/mol. The second-order valence-corrected chi connectivity index (χ2v) is 4.02. The average molecular weight is 191 g/mol. The lowest BCUT2D eigenvalue weighted by atomic mass is 9.87. The van der Waals surface area contributed by atoms with Crippen molar-refractivity contribution in [2.45, 2.75) is 27.2 Å². The van der Waals surface area contributed by atoms with E-state index in [4.69, 9.17) is 0 Å². The monoisotopic (exact) mass is 191 g/mol. The molecule has 1 atom stereocenters. The van der Waals surface area contributed by atoms with Crippen LogP contribution in [0.2, 0.25) is 0 Å². The Labute approximate surface area is 85.4 Å². The summed E-state index contributed by atoms with van der Waals surface area (Å²) >= 11 is 0. The maximum Gasteiger partial charge on any atom is 0.133 e. The van der Waals surface area contributed by atoms with E-state index in [-0.39, 0.29) is 11.7 Å². The molecule has 1 heterocycles. The lowest BCUT2D eigenvalue weighted by molar-refractivity contribution is -0.121. The Hall–Kier alpha value is -1.18. The number of rotatable bonds is 4. The van der Waals surface area contributed by atoms with Crippen molar-refractivity contribution in [3.8, 4) is 0 Å². The van der Waals surface area contributed by atoms with Gasteiger partial charge in [0.1, 0.15) is 5.78 Å². The molecule has 0 aliphatic carbocycles. The molecule has 1 aromatic rings. The van der Waals surface area contributed by atoms with E-state index >= 15 is 0 Å². The van der Waals surface area contributed by atoms with Crippen LogP contribution in [0.1, 0.15) is 26.3 Å². The summed E-state index contributed by atoms with van der Waals surface area (Å²) in [5.74, 6) is 0.815. The van der Waals surface area contributed by atoms with Gasteiger partial charge < -0.3 is 0 Å². The molecule has 2 heteroatoms. The number of aromatic nitrogens is 1. The van der Waals surface area contributed by atoms with Gasteiger partial charge in [-0.15, -0.1) is 0 Å². The van der Waals surface area contributed by atoms with Gasteiger partial charge in [0.15, 0.2) is 0 Å². The van der Waals surface area contributed by atoms with Gasteiger partial charge in [0.25, 0.3) is 0 Å². The highest BCUT2D eigenvalue weighted by atomic mass is 16.1. The average Bonchev–Trinajstić information content (AvgIpc) is 2.15. The van der Waals surface area contributed by atoms with E-state index in [1.54, 1.807) is 19.3 Å². The third-order valence-electron chi connectivity index (χ3n) is 2.53. The summed E-state index contributed by atoms with van der Waals surface area (Å²) in [5, 5.41) is 0. The number of pyridine rings is 1. The van der Waals surface area contributed by atoms with Gasteiger partial charge in [0.2, 0.25) is 0 Å². The van der Waals surface area contributed by atoms with Crippen LogP contribution >= 0.6 is 0 Å². The maximum absolute atomic E-state index is 11.4. The number of nitrogens with zero attached hydrogens (tertiary/aromatic N) is 1. The molecule has 1 unspecified atom stereocenters. The number of hydrogen-bond acceptors (Lipinski definition) is 2. The van der Waals surface area contributed by atoms with Crippen molar-refractivity contribution in [1.82, 2.24) is 4.98 Å². The third-order valence-corrected chi connectivity index (χ3v) is 2.53. The van der Waals surface area contributed by atoms with Crippen LogP contribution in [0.4, 0.5) is 0 Å². The minimum Gasteiger partial charge on any atom is -0.300 e. The third kappa shape index (κ3) is 2.95. The van der Waals surface area contributed by atoms with Crippen molar-refractivity contribution in [3.63, 3.8) is 0 Å². The first kappa shape index (κ1) is 10.9. The second kappa shape index (κ2) is 4.89. The molecule has 14 heavy (non-hydrogen) atoms. The molecular formula is C12H17NO. The molecular weight excluding hydrogens is 174 g/mol. The Morgan fingerprint density at radius 1 is 1.36 bits per heavy atom. The van der Waals surface area contributed by atoms with E-state index in [1.165, 1.54) is 5.56 Å². The molecule has 0 saturated carbocycles. The van der Waals surface area contributed by atoms with Gasteiger partial charge in [-0.1, -0.05) is 13.8 Å². The Morgan fingerprint density at radius 2 is 1.93 bits per heavy atom. The molecule has 1 aromatic heterocycles. The molecule has 1 rings (SSSR count). The highest BCUT2D eigenvalue weighted by molar-refractivity contribution is 5.78. The zero-order valence-electron chi connectivity index (χ0n) is 9.03. The highest BCUT2D eigenvalue weighted by Gasteiger charge is 2.18. The zero-order chi connectivity index (χ0) is 10.6. The van der Waals surface area contributed by atoms with Gasteiger partial charge >= 0.3 is 0 Å². The van der Waals surface area contributed by atoms with Crippen LogP contribution < -0.4 is 0 Å². The fraction of sp³-hybridized carbons (Fsp3) is 0.500. The molecule has 0 N–H and O–H groups in total. The van der Waals surface area contributed by atoms with Gasteiger partial charge in [0.05, 0.1) is 0 Å². The Morgan fingerprint density at radius 3 is 2.36 bits per heavy atom. The molecule has 0 saturated heterocycles. The zero-order valence-corrected chi connectivity index (χ0v) is 9.03. The number of ketones is 1. The van der Waals surface area contributed by atoms with E-state index in [2.05, 4.69) is 18.8 Å². The van der Waals surface area contributed by atoms with Gasteiger partial charge in [-0.25, -0.2) is 0 Å².